The topological polar surface area (TPSA) is 120 Å². The molecule has 1 saturated heterocycles. The van der Waals surface area contributed by atoms with Gasteiger partial charge in [0.15, 0.2) is 5.75 Å². The van der Waals surface area contributed by atoms with E-state index in [1.165, 1.54) is 24.3 Å². The number of carbonyl (C=O) groups is 2. The van der Waals surface area contributed by atoms with Gasteiger partial charge in [-0.05, 0) is 94.2 Å². The minimum Gasteiger partial charge on any atom is -0.372 e. The van der Waals surface area contributed by atoms with Crippen LogP contribution in [0.3, 0.4) is 0 Å². The Bertz CT molecular complexity index is 1430. The molecular weight excluding hydrogens is 590 g/mol. The Kier molecular flexibility index (Phi) is 12.7. The number of nitrogens with one attached hydrogen (secondary N) is 3. The first-order valence-corrected chi connectivity index (χ1v) is 15.7. The fourth-order valence-corrected chi connectivity index (χ4v) is 6.01. The van der Waals surface area contributed by atoms with E-state index < -0.39 is 15.9 Å². The maximum absolute atomic E-state index is 13.8. The first-order chi connectivity index (χ1) is 20.3. The van der Waals surface area contributed by atoms with Gasteiger partial charge in [0.2, 0.25) is 5.91 Å². The molecule has 1 fully saturated rings. The summed E-state index contributed by atoms with van der Waals surface area (Å²) in [5, 5.41) is 8.76. The van der Waals surface area contributed by atoms with Gasteiger partial charge in [-0.3, -0.25) is 9.59 Å². The SMILES string of the molecule is CCN(CC)c1cccc(ON(c2ccccc2)S(=O)(=O)c2ccc(C(=O)NCC(=O)NCC3CCNCC3)cc2)c1.Cl. The maximum Gasteiger partial charge on any atom is 0.295 e. The van der Waals surface area contributed by atoms with E-state index in [4.69, 9.17) is 4.84 Å². The van der Waals surface area contributed by atoms with Crippen molar-refractivity contribution in [2.45, 2.75) is 31.6 Å². The number of amides is 2. The molecule has 1 aliphatic rings. The monoisotopic (exact) mass is 629 g/mol. The van der Waals surface area contributed by atoms with Crippen molar-refractivity contribution in [1.82, 2.24) is 16.0 Å². The molecule has 12 heteroatoms. The average molecular weight is 630 g/mol. The molecule has 0 spiro atoms. The number of rotatable bonds is 13. The highest BCUT2D eigenvalue weighted by atomic mass is 35.5. The van der Waals surface area contributed by atoms with Crippen molar-refractivity contribution < 1.29 is 22.8 Å². The van der Waals surface area contributed by atoms with Crippen LogP contribution < -0.4 is 30.2 Å². The van der Waals surface area contributed by atoms with Crippen LogP contribution in [0, 0.1) is 5.92 Å². The van der Waals surface area contributed by atoms with Gasteiger partial charge in [-0.1, -0.05) is 28.7 Å². The zero-order valence-electron chi connectivity index (χ0n) is 24.5. The van der Waals surface area contributed by atoms with Gasteiger partial charge in [-0.15, -0.1) is 12.4 Å². The number of nitrogens with zero attached hydrogens (tertiary/aromatic N) is 2. The highest BCUT2D eigenvalue weighted by Gasteiger charge is 2.28. The molecule has 10 nitrogen and oxygen atoms in total. The van der Waals surface area contributed by atoms with Crippen LogP contribution in [0.5, 0.6) is 5.75 Å². The van der Waals surface area contributed by atoms with Crippen LogP contribution in [-0.4, -0.2) is 59.5 Å². The van der Waals surface area contributed by atoms with Crippen molar-refractivity contribution in [3.8, 4) is 5.75 Å². The van der Waals surface area contributed by atoms with Crippen LogP contribution in [0.25, 0.3) is 0 Å². The largest absolute Gasteiger partial charge is 0.372 e. The molecule has 0 radical (unpaired) electrons. The molecule has 3 aromatic rings. The fraction of sp³-hybridized carbons (Fsp3) is 0.355. The van der Waals surface area contributed by atoms with Crippen molar-refractivity contribution >= 4 is 45.6 Å². The second-order valence-electron chi connectivity index (χ2n) is 10.0. The molecule has 0 bridgehead atoms. The Morgan fingerprint density at radius 3 is 2.19 bits per heavy atom. The van der Waals surface area contributed by atoms with Gasteiger partial charge < -0.3 is 25.7 Å². The third kappa shape index (κ3) is 9.09. The van der Waals surface area contributed by atoms with Crippen LogP contribution in [0.15, 0.2) is 83.8 Å². The third-order valence-electron chi connectivity index (χ3n) is 7.19. The average Bonchev–Trinajstić information content (AvgIpc) is 3.03. The molecule has 0 unspecified atom stereocenters. The zero-order valence-corrected chi connectivity index (χ0v) is 26.1. The predicted molar refractivity (Wildman–Crippen MR) is 171 cm³/mol. The summed E-state index contributed by atoms with van der Waals surface area (Å²) < 4.78 is 28.5. The van der Waals surface area contributed by atoms with Crippen LogP contribution in [0.1, 0.15) is 37.0 Å². The van der Waals surface area contributed by atoms with Gasteiger partial charge in [-0.2, -0.15) is 8.42 Å². The predicted octanol–water partition coefficient (Wildman–Crippen LogP) is 3.99. The van der Waals surface area contributed by atoms with Crippen LogP contribution in [0.4, 0.5) is 11.4 Å². The van der Waals surface area contributed by atoms with E-state index in [1.807, 2.05) is 26.0 Å². The van der Waals surface area contributed by atoms with Gasteiger partial charge in [-0.25, -0.2) is 0 Å². The van der Waals surface area contributed by atoms with E-state index >= 15 is 0 Å². The number of benzene rings is 3. The molecular formula is C31H40ClN5O5S. The first kappa shape index (κ1) is 33.7. The molecule has 0 saturated carbocycles. The zero-order chi connectivity index (χ0) is 30.0. The molecule has 4 rings (SSSR count). The third-order valence-corrected chi connectivity index (χ3v) is 8.78. The molecule has 43 heavy (non-hydrogen) atoms. The van der Waals surface area contributed by atoms with E-state index in [9.17, 15) is 18.0 Å². The Labute approximate surface area is 260 Å². The minimum absolute atomic E-state index is 0. The Balaban J connectivity index is 0.00000506. The molecule has 0 atom stereocenters. The quantitative estimate of drug-likeness (QED) is 0.245. The van der Waals surface area contributed by atoms with E-state index in [-0.39, 0.29) is 35.3 Å². The van der Waals surface area contributed by atoms with Crippen LogP contribution in [0.2, 0.25) is 0 Å². The summed E-state index contributed by atoms with van der Waals surface area (Å²) in [7, 11) is -4.19. The van der Waals surface area contributed by atoms with E-state index in [1.54, 1.807) is 42.5 Å². The van der Waals surface area contributed by atoms with Gasteiger partial charge in [0, 0.05) is 37.0 Å². The summed E-state index contributed by atoms with van der Waals surface area (Å²) in [5.41, 5.74) is 1.47. The van der Waals surface area contributed by atoms with Gasteiger partial charge >= 0.3 is 0 Å². The normalized spacial score (nSPS) is 13.3. The molecule has 232 valence electrons. The van der Waals surface area contributed by atoms with Gasteiger partial charge in [0.05, 0.1) is 17.1 Å². The molecule has 3 N–H and O–H groups in total. The molecule has 0 aliphatic carbocycles. The summed E-state index contributed by atoms with van der Waals surface area (Å²) in [5.74, 6) is 0.0644. The van der Waals surface area contributed by atoms with Crippen molar-refractivity contribution in [2.75, 3.05) is 48.6 Å². The van der Waals surface area contributed by atoms with E-state index in [0.29, 0.717) is 23.9 Å². The smallest absolute Gasteiger partial charge is 0.295 e. The summed E-state index contributed by atoms with van der Waals surface area (Å²) in [6.45, 7) is 8.01. The minimum atomic E-state index is -4.19. The van der Waals surface area contributed by atoms with Crippen molar-refractivity contribution in [3.05, 3.63) is 84.4 Å². The lowest BCUT2D eigenvalue weighted by molar-refractivity contribution is -0.120. The van der Waals surface area contributed by atoms with E-state index in [0.717, 1.165) is 49.2 Å². The lowest BCUT2D eigenvalue weighted by atomic mass is 9.98. The standard InChI is InChI=1S/C31H39N5O5S.ClH/c1-3-35(4-2)27-11-8-12-28(21-27)41-36(26-9-6-5-7-10-26)42(39,40)29-15-13-25(14-16-29)31(38)34-23-30(37)33-22-24-17-19-32-20-18-24;/h5-16,21,24,32H,3-4,17-20,22-23H2,1-2H3,(H,33,37)(H,34,38);1H. The number of piperidine rings is 1. The second kappa shape index (κ2) is 16.2. The highest BCUT2D eigenvalue weighted by molar-refractivity contribution is 7.92. The summed E-state index contributed by atoms with van der Waals surface area (Å²) in [6.07, 6.45) is 2.02. The number of para-hydroxylation sites is 1. The van der Waals surface area contributed by atoms with Crippen LogP contribution in [-0.2, 0) is 14.8 Å². The molecule has 1 aliphatic heterocycles. The number of hydrogen-bond acceptors (Lipinski definition) is 7. The van der Waals surface area contributed by atoms with Gasteiger partial charge in [0.25, 0.3) is 15.9 Å². The lowest BCUT2D eigenvalue weighted by Crippen LogP contribution is -2.40. The molecule has 2 amide bonds. The van der Waals surface area contributed by atoms with Crippen molar-refractivity contribution in [1.29, 1.82) is 0 Å². The lowest BCUT2D eigenvalue weighted by Gasteiger charge is -2.25. The molecule has 1 heterocycles. The number of halogens is 1. The summed E-state index contributed by atoms with van der Waals surface area (Å²) >= 11 is 0. The summed E-state index contributed by atoms with van der Waals surface area (Å²) in [6, 6.07) is 21.3. The Morgan fingerprint density at radius 2 is 1.53 bits per heavy atom. The molecule has 0 aromatic heterocycles. The van der Waals surface area contributed by atoms with Crippen molar-refractivity contribution in [3.63, 3.8) is 0 Å². The first-order valence-electron chi connectivity index (χ1n) is 14.3. The highest BCUT2D eigenvalue weighted by Crippen LogP contribution is 2.28. The Hall–Kier alpha value is -3.80. The second-order valence-corrected chi connectivity index (χ2v) is 11.8. The molecule has 3 aromatic carbocycles. The van der Waals surface area contributed by atoms with Crippen molar-refractivity contribution in [2.24, 2.45) is 5.92 Å². The maximum atomic E-state index is 13.8. The van der Waals surface area contributed by atoms with Gasteiger partial charge in [0.1, 0.15) is 0 Å². The number of hydrogen-bond donors (Lipinski definition) is 3. The fourth-order valence-electron chi connectivity index (χ4n) is 4.75. The number of sulfonamides is 1. The van der Waals surface area contributed by atoms with Crippen LogP contribution >= 0.6 is 12.4 Å². The number of anilines is 2. The Morgan fingerprint density at radius 1 is 0.884 bits per heavy atom. The van der Waals surface area contributed by atoms with E-state index in [2.05, 4.69) is 20.9 Å². The number of carbonyl (C=O) groups excluding carboxylic acids is 2. The summed E-state index contributed by atoms with van der Waals surface area (Å²) in [4.78, 5) is 33.0.